The Hall–Kier alpha value is -8.83. The molecule has 7 heterocycles. The van der Waals surface area contributed by atoms with Gasteiger partial charge in [-0.15, -0.1) is 0 Å². The summed E-state index contributed by atoms with van der Waals surface area (Å²) < 4.78 is 25.6. The summed E-state index contributed by atoms with van der Waals surface area (Å²) in [4.78, 5) is 18.3. The molecular formula is C63H42BN5O4. The van der Waals surface area contributed by atoms with E-state index < -0.39 is 0 Å². The molecule has 9 aromatic carbocycles. The molecule has 0 bridgehead atoms. The third kappa shape index (κ3) is 6.34. The summed E-state index contributed by atoms with van der Waals surface area (Å²) in [6.45, 7) is 3.99. The van der Waals surface area contributed by atoms with E-state index >= 15 is 0 Å². The van der Waals surface area contributed by atoms with Crippen LogP contribution in [0.15, 0.2) is 194 Å². The van der Waals surface area contributed by atoms with Gasteiger partial charge in [-0.25, -0.2) is 15.0 Å². The lowest BCUT2D eigenvalue weighted by molar-refractivity contribution is 0.178. The maximum absolute atomic E-state index is 6.02. The molecule has 5 aliphatic heterocycles. The van der Waals surface area contributed by atoms with Gasteiger partial charge >= 0.3 is 0 Å². The molecule has 346 valence electrons. The molecule has 4 unspecified atom stereocenters. The number of benzene rings is 9. The molecule has 0 aliphatic carbocycles. The zero-order valence-electron chi connectivity index (χ0n) is 39.7. The summed E-state index contributed by atoms with van der Waals surface area (Å²) in [5.41, 5.74) is 20.4. The van der Waals surface area contributed by atoms with Crippen LogP contribution >= 0.6 is 0 Å². The van der Waals surface area contributed by atoms with Gasteiger partial charge in [-0.05, 0) is 119 Å². The minimum absolute atomic E-state index is 0.0589. The van der Waals surface area contributed by atoms with Crippen molar-refractivity contribution in [3.8, 4) is 84.7 Å². The van der Waals surface area contributed by atoms with Crippen LogP contribution in [0.1, 0.15) is 13.8 Å². The average Bonchev–Trinajstić information content (AvgIpc) is 4.26. The molecule has 2 saturated heterocycles. The molecule has 11 aromatic rings. The Morgan fingerprint density at radius 1 is 0.438 bits per heavy atom. The monoisotopic (exact) mass is 943 g/mol. The minimum atomic E-state index is -0.175. The molecule has 2 fully saturated rings. The molecule has 10 heteroatoms. The van der Waals surface area contributed by atoms with Crippen molar-refractivity contribution in [1.82, 2.24) is 19.5 Å². The highest BCUT2D eigenvalue weighted by Crippen LogP contribution is 2.52. The summed E-state index contributed by atoms with van der Waals surface area (Å²) in [6, 6.07) is 69.3. The molecule has 0 radical (unpaired) electrons. The highest BCUT2D eigenvalue weighted by Gasteiger charge is 2.46. The van der Waals surface area contributed by atoms with Crippen molar-refractivity contribution >= 4 is 62.0 Å². The number of fused-ring (bicyclic) bond motifs is 10. The van der Waals surface area contributed by atoms with E-state index in [1.165, 1.54) is 44.0 Å². The highest BCUT2D eigenvalue weighted by molar-refractivity contribution is 7.01. The van der Waals surface area contributed by atoms with Gasteiger partial charge < -0.3 is 28.4 Å². The fraction of sp³-hybridized carbons (Fsp3) is 0.0952. The first-order chi connectivity index (χ1) is 36.0. The molecule has 0 saturated carbocycles. The van der Waals surface area contributed by atoms with Crippen LogP contribution < -0.4 is 30.8 Å². The van der Waals surface area contributed by atoms with Crippen LogP contribution in [0.2, 0.25) is 0 Å². The third-order valence-electron chi connectivity index (χ3n) is 15.3. The number of para-hydroxylation sites is 1. The lowest BCUT2D eigenvalue weighted by atomic mass is 9.37. The van der Waals surface area contributed by atoms with Crippen molar-refractivity contribution in [3.63, 3.8) is 0 Å². The van der Waals surface area contributed by atoms with Crippen LogP contribution in [-0.2, 0) is 9.47 Å². The first-order valence-electron chi connectivity index (χ1n) is 25.0. The number of anilines is 3. The Kier molecular flexibility index (Phi) is 8.59. The molecule has 5 aliphatic rings. The second kappa shape index (κ2) is 15.3. The number of hydrogen-bond donors (Lipinski definition) is 0. The van der Waals surface area contributed by atoms with Crippen LogP contribution in [0.25, 0.3) is 95.0 Å². The fourth-order valence-electron chi connectivity index (χ4n) is 11.7. The predicted octanol–water partition coefficient (Wildman–Crippen LogP) is 12.1. The molecule has 16 rings (SSSR count). The van der Waals surface area contributed by atoms with Crippen molar-refractivity contribution in [2.24, 2.45) is 0 Å². The SMILES string of the molecule is CC1OC1Oc1ccc(-c2ccc3c(c2)-c2cccc4c2B3c2cc(-c3nc(-c5ccccc5)nc(-c5ccccc5)n3)cc3c2N4c2cccc4c5cc(-c6ccc(OC7OC7C)cc6)ccc5n-3c24)cc1. The quantitative estimate of drug-likeness (QED) is 0.104. The number of nitrogens with zero attached hydrogens (tertiary/aromatic N) is 5. The molecular weight excluding hydrogens is 902 g/mol. The van der Waals surface area contributed by atoms with Crippen molar-refractivity contribution in [2.75, 3.05) is 4.90 Å². The van der Waals surface area contributed by atoms with Crippen molar-refractivity contribution in [3.05, 3.63) is 194 Å². The summed E-state index contributed by atoms with van der Waals surface area (Å²) in [6.07, 6.45) is -0.102. The van der Waals surface area contributed by atoms with Gasteiger partial charge in [-0.1, -0.05) is 139 Å². The zero-order chi connectivity index (χ0) is 48.1. The lowest BCUT2D eigenvalue weighted by Gasteiger charge is -2.40. The molecule has 9 nitrogen and oxygen atoms in total. The van der Waals surface area contributed by atoms with E-state index in [9.17, 15) is 0 Å². The Bertz CT molecular complexity index is 4050. The first kappa shape index (κ1) is 40.9. The van der Waals surface area contributed by atoms with Gasteiger partial charge in [0.2, 0.25) is 19.3 Å². The van der Waals surface area contributed by atoms with Gasteiger partial charge in [0.15, 0.2) is 17.5 Å². The second-order valence-electron chi connectivity index (χ2n) is 19.7. The van der Waals surface area contributed by atoms with Gasteiger partial charge in [0.25, 0.3) is 0 Å². The van der Waals surface area contributed by atoms with E-state index in [0.29, 0.717) is 17.5 Å². The standard InChI is InChI=1S/C63H42BN5O4/c1-35-62(70-35)72-44-25-19-37(20-26-44)41-23-29-50-48(31-41)46-15-9-17-53-56(46)64(50)51-33-43(61-66-59(39-11-5-3-6-12-39)65-60(67-61)40-13-7-4-8-14-40)34-55-58(51)69(53)54-18-10-16-47-49-32-42(24-30-52(49)68(55)57(47)54)38-21-27-45(28-22-38)73-63-36(2)71-63/h3-36,62-63H,1-2H3. The van der Waals surface area contributed by atoms with E-state index in [2.05, 4.69) is 143 Å². The zero-order valence-corrected chi connectivity index (χ0v) is 39.7. The Morgan fingerprint density at radius 3 is 1.63 bits per heavy atom. The Labute approximate surface area is 421 Å². The molecule has 0 N–H and O–H groups in total. The molecule has 73 heavy (non-hydrogen) atoms. The van der Waals surface area contributed by atoms with Crippen LogP contribution in [0.4, 0.5) is 17.1 Å². The molecule has 0 spiro atoms. The number of ether oxygens (including phenoxy) is 4. The average molecular weight is 944 g/mol. The molecule has 4 atom stereocenters. The van der Waals surface area contributed by atoms with Crippen LogP contribution in [0.3, 0.4) is 0 Å². The summed E-state index contributed by atoms with van der Waals surface area (Å²) in [5.74, 6) is 3.48. The van der Waals surface area contributed by atoms with E-state index in [-0.39, 0.29) is 31.5 Å². The van der Waals surface area contributed by atoms with Gasteiger partial charge in [0, 0.05) is 33.2 Å². The van der Waals surface area contributed by atoms with Crippen LogP contribution in [-0.4, -0.2) is 51.0 Å². The number of hydrogen-bond acceptors (Lipinski definition) is 8. The van der Waals surface area contributed by atoms with Gasteiger partial charge in [0.1, 0.15) is 23.7 Å². The number of rotatable bonds is 9. The van der Waals surface area contributed by atoms with Crippen LogP contribution in [0, 0.1) is 0 Å². The molecule has 0 amide bonds. The first-order valence-corrected chi connectivity index (χ1v) is 25.0. The maximum atomic E-state index is 6.02. The van der Waals surface area contributed by atoms with Crippen molar-refractivity contribution < 1.29 is 18.9 Å². The van der Waals surface area contributed by atoms with Crippen molar-refractivity contribution in [1.29, 1.82) is 0 Å². The third-order valence-corrected chi connectivity index (χ3v) is 15.3. The number of epoxide rings is 2. The van der Waals surface area contributed by atoms with Crippen LogP contribution in [0.5, 0.6) is 11.5 Å². The second-order valence-corrected chi connectivity index (χ2v) is 19.7. The van der Waals surface area contributed by atoms with Crippen molar-refractivity contribution in [2.45, 2.75) is 38.6 Å². The summed E-state index contributed by atoms with van der Waals surface area (Å²) >= 11 is 0. The summed E-state index contributed by atoms with van der Waals surface area (Å²) in [5, 5.41) is 2.36. The smallest absolute Gasteiger partial charge is 0.248 e. The van der Waals surface area contributed by atoms with Gasteiger partial charge in [-0.3, -0.25) is 0 Å². The number of aromatic nitrogens is 4. The largest absolute Gasteiger partial charge is 0.462 e. The van der Waals surface area contributed by atoms with E-state index in [1.807, 2.05) is 74.5 Å². The van der Waals surface area contributed by atoms with E-state index in [0.717, 1.165) is 78.5 Å². The molecule has 2 aromatic heterocycles. The summed E-state index contributed by atoms with van der Waals surface area (Å²) in [7, 11) is 0. The van der Waals surface area contributed by atoms with Gasteiger partial charge in [0.05, 0.1) is 28.1 Å². The lowest BCUT2D eigenvalue weighted by Crippen LogP contribution is -2.55. The normalized spacial score (nSPS) is 18.1. The highest BCUT2D eigenvalue weighted by atomic mass is 16.8. The fourth-order valence-corrected chi connectivity index (χ4v) is 11.7. The minimum Gasteiger partial charge on any atom is -0.462 e. The van der Waals surface area contributed by atoms with E-state index in [1.54, 1.807) is 0 Å². The van der Waals surface area contributed by atoms with E-state index in [4.69, 9.17) is 33.9 Å². The Morgan fingerprint density at radius 2 is 1.00 bits per heavy atom. The predicted molar refractivity (Wildman–Crippen MR) is 290 cm³/mol. The maximum Gasteiger partial charge on any atom is 0.248 e. The van der Waals surface area contributed by atoms with Gasteiger partial charge in [-0.2, -0.15) is 0 Å². The topological polar surface area (TPSA) is 90.4 Å². The Balaban J connectivity index is 0.918.